The number of nitrogens with zero attached hydrogens (tertiary/aromatic N) is 2. The molecule has 33 heavy (non-hydrogen) atoms. The number of carbonyl (C=O) groups excluding carboxylic acids is 3. The van der Waals surface area contributed by atoms with Crippen molar-refractivity contribution in [3.8, 4) is 0 Å². The molecule has 8 nitrogen and oxygen atoms in total. The molecule has 1 heterocycles. The molecular weight excluding hydrogens is 422 g/mol. The maximum absolute atomic E-state index is 13.2. The number of imide groups is 1. The van der Waals surface area contributed by atoms with Gasteiger partial charge in [0.05, 0.1) is 16.1 Å². The van der Waals surface area contributed by atoms with E-state index in [-0.39, 0.29) is 29.8 Å². The molecule has 3 amide bonds. The van der Waals surface area contributed by atoms with Crippen LogP contribution in [-0.2, 0) is 17.8 Å². The zero-order valence-electron chi connectivity index (χ0n) is 17.9. The Morgan fingerprint density at radius 2 is 1.45 bits per heavy atom. The molecule has 1 unspecified atom stereocenters. The summed E-state index contributed by atoms with van der Waals surface area (Å²) in [5.74, 6) is -1.55. The normalized spacial score (nSPS) is 13.5. The molecule has 3 aromatic rings. The first-order valence-electron chi connectivity index (χ1n) is 10.4. The monoisotopic (exact) mass is 443 g/mol. The molecule has 1 aliphatic rings. The van der Waals surface area contributed by atoms with E-state index in [9.17, 15) is 24.5 Å². The predicted octanol–water partition coefficient (Wildman–Crippen LogP) is 3.43. The Morgan fingerprint density at radius 3 is 2.00 bits per heavy atom. The second-order valence-electron chi connectivity index (χ2n) is 7.87. The number of carbonyl (C=O) groups is 3. The molecule has 0 spiro atoms. The van der Waals surface area contributed by atoms with E-state index in [1.807, 2.05) is 31.2 Å². The van der Waals surface area contributed by atoms with Crippen LogP contribution in [0.4, 0.5) is 5.69 Å². The highest BCUT2D eigenvalue weighted by Gasteiger charge is 2.42. The number of nitrogens with one attached hydrogen (secondary N) is 1. The van der Waals surface area contributed by atoms with Gasteiger partial charge in [-0.2, -0.15) is 0 Å². The molecule has 0 fully saturated rings. The Labute approximate surface area is 190 Å². The van der Waals surface area contributed by atoms with Crippen LogP contribution in [0, 0.1) is 17.0 Å². The van der Waals surface area contributed by atoms with E-state index in [2.05, 4.69) is 5.32 Å². The van der Waals surface area contributed by atoms with Crippen molar-refractivity contribution in [3.05, 3.63) is 111 Å². The van der Waals surface area contributed by atoms with Crippen LogP contribution >= 0.6 is 0 Å². The van der Waals surface area contributed by atoms with Gasteiger partial charge in [-0.05, 0) is 30.2 Å². The van der Waals surface area contributed by atoms with Gasteiger partial charge in [-0.15, -0.1) is 0 Å². The SMILES string of the molecule is Cc1ccc(CNC(=O)C(Cc2ccc([N+](=O)[O-])cc2)N2C(=O)c3ccccc3C2=O)cc1. The van der Waals surface area contributed by atoms with Crippen molar-refractivity contribution >= 4 is 23.4 Å². The minimum absolute atomic E-state index is 0.0309. The molecule has 0 bridgehead atoms. The second-order valence-corrected chi connectivity index (χ2v) is 7.87. The average Bonchev–Trinajstić information content (AvgIpc) is 3.07. The van der Waals surface area contributed by atoms with Gasteiger partial charge < -0.3 is 5.32 Å². The first kappa shape index (κ1) is 21.9. The number of aryl methyl sites for hydroxylation is 1. The summed E-state index contributed by atoms with van der Waals surface area (Å²) in [6.07, 6.45) is 0.0309. The van der Waals surface area contributed by atoms with Crippen LogP contribution in [0.5, 0.6) is 0 Å². The van der Waals surface area contributed by atoms with E-state index in [0.29, 0.717) is 5.56 Å². The van der Waals surface area contributed by atoms with E-state index >= 15 is 0 Å². The number of nitro groups is 1. The van der Waals surface area contributed by atoms with Gasteiger partial charge in [0, 0.05) is 25.1 Å². The molecular formula is C25H21N3O5. The number of nitro benzene ring substituents is 1. The second kappa shape index (κ2) is 9.04. The Kier molecular flexibility index (Phi) is 5.99. The molecule has 1 atom stereocenters. The predicted molar refractivity (Wildman–Crippen MR) is 121 cm³/mol. The number of hydrogen-bond donors (Lipinski definition) is 1. The molecule has 1 N–H and O–H groups in total. The molecule has 4 rings (SSSR count). The molecule has 0 saturated carbocycles. The van der Waals surface area contributed by atoms with Gasteiger partial charge >= 0.3 is 0 Å². The summed E-state index contributed by atoms with van der Waals surface area (Å²) < 4.78 is 0. The molecule has 1 aliphatic heterocycles. The third-order valence-corrected chi connectivity index (χ3v) is 5.60. The quantitative estimate of drug-likeness (QED) is 0.342. The largest absolute Gasteiger partial charge is 0.350 e. The highest BCUT2D eigenvalue weighted by molar-refractivity contribution is 6.22. The molecule has 0 radical (unpaired) electrons. The number of fused-ring (bicyclic) bond motifs is 1. The van der Waals surface area contributed by atoms with E-state index in [1.165, 1.54) is 24.3 Å². The number of amides is 3. The maximum Gasteiger partial charge on any atom is 0.269 e. The standard InChI is InChI=1S/C25H21N3O5/c1-16-6-8-18(9-7-16)15-26-23(29)22(14-17-10-12-19(13-11-17)28(32)33)27-24(30)20-4-2-3-5-21(20)25(27)31/h2-13,22H,14-15H2,1H3,(H,26,29). The van der Waals surface area contributed by atoms with Crippen molar-refractivity contribution in [2.45, 2.75) is 25.9 Å². The van der Waals surface area contributed by atoms with Crippen LogP contribution in [0.2, 0.25) is 0 Å². The minimum Gasteiger partial charge on any atom is -0.350 e. The van der Waals surface area contributed by atoms with Crippen LogP contribution < -0.4 is 5.32 Å². The highest BCUT2D eigenvalue weighted by Crippen LogP contribution is 2.26. The summed E-state index contributed by atoms with van der Waals surface area (Å²) in [5, 5.41) is 13.8. The van der Waals surface area contributed by atoms with E-state index in [1.54, 1.807) is 24.3 Å². The fourth-order valence-electron chi connectivity index (χ4n) is 3.78. The van der Waals surface area contributed by atoms with Crippen molar-refractivity contribution in [1.29, 1.82) is 0 Å². The van der Waals surface area contributed by atoms with Crippen molar-refractivity contribution < 1.29 is 19.3 Å². The fourth-order valence-corrected chi connectivity index (χ4v) is 3.78. The van der Waals surface area contributed by atoms with Gasteiger partial charge in [0.1, 0.15) is 6.04 Å². The fraction of sp³-hybridized carbons (Fsp3) is 0.160. The van der Waals surface area contributed by atoms with Crippen LogP contribution in [0.3, 0.4) is 0 Å². The molecule has 8 heteroatoms. The van der Waals surface area contributed by atoms with Crippen molar-refractivity contribution in [1.82, 2.24) is 10.2 Å². The van der Waals surface area contributed by atoms with Gasteiger partial charge in [-0.25, -0.2) is 0 Å². The highest BCUT2D eigenvalue weighted by atomic mass is 16.6. The Hall–Kier alpha value is -4.33. The zero-order valence-corrected chi connectivity index (χ0v) is 17.9. The molecule has 0 saturated heterocycles. The lowest BCUT2D eigenvalue weighted by Gasteiger charge is -2.25. The summed E-state index contributed by atoms with van der Waals surface area (Å²) in [6.45, 7) is 2.20. The smallest absolute Gasteiger partial charge is 0.269 e. The van der Waals surface area contributed by atoms with Crippen LogP contribution in [0.25, 0.3) is 0 Å². The lowest BCUT2D eigenvalue weighted by molar-refractivity contribution is -0.384. The lowest BCUT2D eigenvalue weighted by Crippen LogP contribution is -2.50. The molecule has 0 aromatic heterocycles. The zero-order chi connectivity index (χ0) is 23.5. The van der Waals surface area contributed by atoms with Gasteiger partial charge in [0.15, 0.2) is 0 Å². The summed E-state index contributed by atoms with van der Waals surface area (Å²) in [6, 6.07) is 18.7. The molecule has 0 aliphatic carbocycles. The van der Waals surface area contributed by atoms with Gasteiger partial charge in [0.25, 0.3) is 17.5 Å². The summed E-state index contributed by atoms with van der Waals surface area (Å²) >= 11 is 0. The van der Waals surface area contributed by atoms with Gasteiger partial charge in [-0.1, -0.05) is 54.1 Å². The van der Waals surface area contributed by atoms with Crippen LogP contribution in [0.1, 0.15) is 37.4 Å². The van der Waals surface area contributed by atoms with Crippen LogP contribution in [0.15, 0.2) is 72.8 Å². The lowest BCUT2D eigenvalue weighted by atomic mass is 10.0. The number of hydrogen-bond acceptors (Lipinski definition) is 5. The summed E-state index contributed by atoms with van der Waals surface area (Å²) in [7, 11) is 0. The van der Waals surface area contributed by atoms with E-state index in [4.69, 9.17) is 0 Å². The Morgan fingerprint density at radius 1 is 0.909 bits per heavy atom. The summed E-state index contributed by atoms with van der Waals surface area (Å²) in [4.78, 5) is 50.7. The van der Waals surface area contributed by atoms with Crippen molar-refractivity contribution in [2.24, 2.45) is 0 Å². The number of rotatable bonds is 7. The van der Waals surface area contributed by atoms with Crippen molar-refractivity contribution in [2.75, 3.05) is 0 Å². The first-order chi connectivity index (χ1) is 15.8. The maximum atomic E-state index is 13.2. The number of benzene rings is 3. The molecule has 166 valence electrons. The van der Waals surface area contributed by atoms with Gasteiger partial charge in [0.2, 0.25) is 5.91 Å². The van der Waals surface area contributed by atoms with E-state index < -0.39 is 28.7 Å². The number of non-ortho nitro benzene ring substituents is 1. The Balaban J connectivity index is 1.61. The van der Waals surface area contributed by atoms with Crippen molar-refractivity contribution in [3.63, 3.8) is 0 Å². The summed E-state index contributed by atoms with van der Waals surface area (Å²) in [5.41, 5.74) is 2.98. The molecule has 3 aromatic carbocycles. The Bertz CT molecular complexity index is 1200. The van der Waals surface area contributed by atoms with Crippen LogP contribution in [-0.4, -0.2) is 33.6 Å². The van der Waals surface area contributed by atoms with Gasteiger partial charge in [-0.3, -0.25) is 29.4 Å². The first-order valence-corrected chi connectivity index (χ1v) is 10.4. The third kappa shape index (κ3) is 4.50. The third-order valence-electron chi connectivity index (χ3n) is 5.60. The topological polar surface area (TPSA) is 110 Å². The average molecular weight is 443 g/mol. The minimum atomic E-state index is -1.11. The van der Waals surface area contributed by atoms with E-state index in [0.717, 1.165) is 16.0 Å².